The molecule has 262 valence electrons. The summed E-state index contributed by atoms with van der Waals surface area (Å²) >= 11 is 0. The highest BCUT2D eigenvalue weighted by atomic mass is 28.4. The molecular weight excluding hydrogens is 657 g/mol. The largest absolute Gasteiger partial charge is 0.401 e. The molecule has 5 nitrogen and oxygen atoms in total. The van der Waals surface area contributed by atoms with Gasteiger partial charge in [0.2, 0.25) is 0 Å². The van der Waals surface area contributed by atoms with E-state index in [0.717, 1.165) is 27.0 Å². The summed E-state index contributed by atoms with van der Waals surface area (Å²) in [5, 5.41) is 8.37. The molecule has 10 heteroatoms. The molecular formula is C40H44F4N4OSi. The molecule has 0 amide bonds. The Hall–Kier alpha value is -3.96. The fourth-order valence-corrected chi connectivity index (χ4v) is 12.5. The number of hydrogen-bond donors (Lipinski definition) is 3. The molecule has 1 saturated heterocycles. The van der Waals surface area contributed by atoms with Gasteiger partial charge in [0.1, 0.15) is 11.6 Å². The van der Waals surface area contributed by atoms with Crippen LogP contribution in [0.3, 0.4) is 0 Å². The molecule has 2 aliphatic rings. The van der Waals surface area contributed by atoms with E-state index in [2.05, 4.69) is 15.6 Å². The van der Waals surface area contributed by atoms with E-state index in [1.165, 1.54) is 12.1 Å². The number of anilines is 1. The minimum absolute atomic E-state index is 0.0697. The van der Waals surface area contributed by atoms with Crippen LogP contribution < -0.4 is 21.0 Å². The lowest BCUT2D eigenvalue weighted by atomic mass is 9.86. The molecule has 0 bridgehead atoms. The predicted octanol–water partition coefficient (Wildman–Crippen LogP) is 7.38. The van der Waals surface area contributed by atoms with Crippen molar-refractivity contribution in [1.82, 2.24) is 15.2 Å². The van der Waals surface area contributed by atoms with E-state index in [-0.39, 0.29) is 11.6 Å². The highest BCUT2D eigenvalue weighted by molar-refractivity contribution is 6.99. The van der Waals surface area contributed by atoms with E-state index in [0.29, 0.717) is 30.8 Å². The second kappa shape index (κ2) is 13.3. The maximum absolute atomic E-state index is 16.7. The molecule has 0 aliphatic carbocycles. The van der Waals surface area contributed by atoms with Crippen LogP contribution in [-0.4, -0.2) is 62.4 Å². The predicted molar refractivity (Wildman–Crippen MR) is 195 cm³/mol. The second-order valence-corrected chi connectivity index (χ2v) is 19.2. The Morgan fingerprint density at radius 2 is 1.42 bits per heavy atom. The number of fused-ring (bicyclic) bond motifs is 3. The monoisotopic (exact) mass is 700 g/mol. The normalized spacial score (nSPS) is 19.0. The van der Waals surface area contributed by atoms with Gasteiger partial charge in [0.25, 0.3) is 14.2 Å². The number of H-pyrrole nitrogens is 1. The maximum atomic E-state index is 16.7. The summed E-state index contributed by atoms with van der Waals surface area (Å²) in [7, 11) is -3.28. The average molecular weight is 701 g/mol. The van der Waals surface area contributed by atoms with E-state index >= 15 is 17.6 Å². The van der Waals surface area contributed by atoms with Gasteiger partial charge in [-0.1, -0.05) is 99.6 Å². The smallest absolute Gasteiger partial charge is 0.282 e. The van der Waals surface area contributed by atoms with Crippen molar-refractivity contribution in [2.75, 3.05) is 31.6 Å². The van der Waals surface area contributed by atoms with Gasteiger partial charge in [-0.15, -0.1) is 0 Å². The Morgan fingerprint density at radius 3 is 1.98 bits per heavy atom. The topological polar surface area (TPSA) is 52.3 Å². The summed E-state index contributed by atoms with van der Waals surface area (Å²) in [5.41, 5.74) is 2.32. The van der Waals surface area contributed by atoms with Gasteiger partial charge in [0, 0.05) is 59.0 Å². The lowest BCUT2D eigenvalue weighted by molar-refractivity contribution is -0.0823. The van der Waals surface area contributed by atoms with Crippen molar-refractivity contribution >= 4 is 35.3 Å². The van der Waals surface area contributed by atoms with Crippen LogP contribution in [-0.2, 0) is 10.8 Å². The molecule has 3 heterocycles. The van der Waals surface area contributed by atoms with Gasteiger partial charge in [-0.2, -0.15) is 0 Å². The van der Waals surface area contributed by atoms with Crippen molar-refractivity contribution < 1.29 is 22.0 Å². The highest BCUT2D eigenvalue weighted by Crippen LogP contribution is 2.45. The van der Waals surface area contributed by atoms with E-state index in [1.54, 1.807) is 4.90 Å². The minimum atomic E-state index is -3.37. The quantitative estimate of drug-likeness (QED) is 0.105. The Labute approximate surface area is 292 Å². The highest BCUT2D eigenvalue weighted by Gasteiger charge is 2.52. The van der Waals surface area contributed by atoms with Crippen LogP contribution in [0, 0.1) is 11.6 Å². The SMILES string of the molecule is CC1Cc2[nH]c3ccccc3c2C(c2c(F)cc(NC3CNC3)cc2F)N1CC(F)(F)CO[Si](c1ccccc1)(c1ccccc1)C(C)(C)C. The number of hydrogen-bond acceptors (Lipinski definition) is 4. The second-order valence-electron chi connectivity index (χ2n) is 14.9. The molecule has 2 aliphatic heterocycles. The first-order valence-corrected chi connectivity index (χ1v) is 19.2. The van der Waals surface area contributed by atoms with Gasteiger partial charge in [-0.3, -0.25) is 4.90 Å². The molecule has 3 N–H and O–H groups in total. The fourth-order valence-electron chi connectivity index (χ4n) is 7.93. The third-order valence-corrected chi connectivity index (χ3v) is 15.3. The first-order valence-electron chi connectivity index (χ1n) is 17.3. The van der Waals surface area contributed by atoms with Crippen LogP contribution in [0.2, 0.25) is 5.04 Å². The summed E-state index contributed by atoms with van der Waals surface area (Å²) in [4.78, 5) is 4.99. The van der Waals surface area contributed by atoms with Crippen molar-refractivity contribution in [2.24, 2.45) is 0 Å². The van der Waals surface area contributed by atoms with E-state index < -0.39 is 56.1 Å². The summed E-state index contributed by atoms with van der Waals surface area (Å²) in [6, 6.07) is 28.0. The third-order valence-electron chi connectivity index (χ3n) is 10.3. The van der Waals surface area contributed by atoms with Gasteiger partial charge < -0.3 is 20.0 Å². The standard InChI is InChI=1S/C40H44F4N4OSi/c1-26-19-35-36(31-17-11-12-18-34(31)47-35)38(37-32(41)20-27(21-33(37)42)46-28-22-45-23-28)48(26)24-40(43,44)25-49-50(39(2,3)4,29-13-7-5-8-14-29)30-15-9-6-10-16-30/h5-18,20-21,26,28,38,45-47H,19,22-25H2,1-4H3. The molecule has 0 spiro atoms. The number of para-hydroxylation sites is 1. The third kappa shape index (κ3) is 6.27. The number of benzene rings is 4. The number of nitrogens with one attached hydrogen (secondary N) is 3. The van der Waals surface area contributed by atoms with E-state index in [4.69, 9.17) is 4.43 Å². The van der Waals surface area contributed by atoms with Crippen molar-refractivity contribution in [3.8, 4) is 0 Å². The first-order chi connectivity index (χ1) is 23.9. The number of aromatic amines is 1. The lowest BCUT2D eigenvalue weighted by Gasteiger charge is -2.45. The van der Waals surface area contributed by atoms with Crippen LogP contribution >= 0.6 is 0 Å². The molecule has 1 aromatic heterocycles. The zero-order chi connectivity index (χ0) is 35.3. The van der Waals surface area contributed by atoms with Crippen molar-refractivity contribution in [3.63, 3.8) is 0 Å². The Morgan fingerprint density at radius 1 is 0.840 bits per heavy atom. The van der Waals surface area contributed by atoms with Crippen LogP contribution in [0.1, 0.15) is 50.6 Å². The van der Waals surface area contributed by atoms with Crippen molar-refractivity contribution in [2.45, 2.75) is 63.2 Å². The Kier molecular flexibility index (Phi) is 9.17. The number of halogens is 4. The summed E-state index contributed by atoms with van der Waals surface area (Å²) in [6.45, 7) is 7.78. The molecule has 50 heavy (non-hydrogen) atoms. The minimum Gasteiger partial charge on any atom is -0.401 e. The van der Waals surface area contributed by atoms with Gasteiger partial charge >= 0.3 is 0 Å². The molecule has 2 atom stereocenters. The van der Waals surface area contributed by atoms with Crippen molar-refractivity contribution in [3.05, 3.63) is 126 Å². The molecule has 0 radical (unpaired) electrons. The van der Waals surface area contributed by atoms with Gasteiger partial charge in [-0.05, 0) is 40.5 Å². The van der Waals surface area contributed by atoms with Crippen LogP contribution in [0.15, 0.2) is 97.1 Å². The summed E-state index contributed by atoms with van der Waals surface area (Å²) < 4.78 is 72.7. The van der Waals surface area contributed by atoms with Crippen LogP contribution in [0.4, 0.5) is 23.2 Å². The average Bonchev–Trinajstić information content (AvgIpc) is 3.42. The Balaban J connectivity index is 1.28. The number of nitrogens with zero attached hydrogens (tertiary/aromatic N) is 1. The van der Waals surface area contributed by atoms with Gasteiger partial charge in [-0.25, -0.2) is 17.6 Å². The number of rotatable bonds is 10. The zero-order valence-electron chi connectivity index (χ0n) is 28.9. The molecule has 5 aromatic rings. The lowest BCUT2D eigenvalue weighted by Crippen LogP contribution is -2.67. The summed E-state index contributed by atoms with van der Waals surface area (Å²) in [5.74, 6) is -4.91. The molecule has 1 fully saturated rings. The van der Waals surface area contributed by atoms with Gasteiger partial charge in [0.15, 0.2) is 0 Å². The van der Waals surface area contributed by atoms with Gasteiger partial charge in [0.05, 0.1) is 25.2 Å². The van der Waals surface area contributed by atoms with Crippen molar-refractivity contribution in [1.29, 1.82) is 0 Å². The van der Waals surface area contributed by atoms with Crippen LogP contribution in [0.5, 0.6) is 0 Å². The van der Waals surface area contributed by atoms with E-state index in [1.807, 2.05) is 113 Å². The first kappa shape index (κ1) is 34.5. The number of aromatic nitrogens is 1. The van der Waals surface area contributed by atoms with Crippen LogP contribution in [0.25, 0.3) is 10.9 Å². The maximum Gasteiger partial charge on any atom is 0.282 e. The molecule has 4 aromatic carbocycles. The Bertz CT molecular complexity index is 1900. The summed E-state index contributed by atoms with van der Waals surface area (Å²) in [6.07, 6.45) is 0.420. The molecule has 2 unspecified atom stereocenters. The molecule has 0 saturated carbocycles. The zero-order valence-corrected chi connectivity index (χ0v) is 29.9. The molecule has 7 rings (SSSR count). The number of alkyl halides is 2. The van der Waals surface area contributed by atoms with E-state index in [9.17, 15) is 0 Å². The fraction of sp³-hybridized carbons (Fsp3) is 0.350.